The van der Waals surface area contributed by atoms with Gasteiger partial charge in [0.1, 0.15) is 30.4 Å². The molecule has 2 saturated heterocycles. The molecule has 27 nitrogen and oxygen atoms in total. The zero-order chi connectivity index (χ0) is 68.6. The van der Waals surface area contributed by atoms with Gasteiger partial charge >= 0.3 is 30.2 Å². The number of carbonyl (C=O) groups is 10. The molecule has 4 heterocycles. The number of piperazine rings is 1. The number of hydrogen-bond donors (Lipinski definition) is 9. The first kappa shape index (κ1) is 76.0. The van der Waals surface area contributed by atoms with Crippen LogP contribution in [0.5, 0.6) is 0 Å². The number of nitrogens with two attached hydrogens (primary N) is 1. The maximum Gasteiger partial charge on any atom is 0.410 e. The standard InChI is InChI=1S/C66H99N9O18/c1-10-50(78)44(6)59-51(90-59)39-65(8,88)28-14-16-42(4)58-43(5)19-24-52(66(9,93-45(7)76)29-27-48(77)38-56(82)92-58)91-64(87)74-36-34-73(35-37-74)33-31-69-63(86)89-40-46-20-22-47(23-21-46)70-60(83)49(17-15-30-68-62(67)85)71-61(84)57(41(2)3)72-53(79)18-12-11-13-32-75-54(80)25-26-55(75)81/h14,16,19-26,28,41,43-44,48-52,57-59,77-78,88H,10-13,15,17-18,27,29-40H2,1-9H3,(H,69,86)(H,70,83)(H,71,84)(H,72,79)(H3,67,68,85)/b24-19+,28-14+,42-16+/t43-,44+,48+,49-,50-,51+,52-,57-,58+,59?,65-,66+/m0/s1. The molecule has 1 unspecified atom stereocenters. The fraction of sp³-hybridized carbons (Fsp3) is 0.636. The van der Waals surface area contributed by atoms with Crippen LogP contribution in [0.15, 0.2) is 72.4 Å². The molecule has 4 aliphatic rings. The zero-order valence-corrected chi connectivity index (χ0v) is 55.2. The minimum absolute atomic E-state index is 0.00545. The number of urea groups is 1. The van der Waals surface area contributed by atoms with Gasteiger partial charge in [0.15, 0.2) is 6.10 Å². The van der Waals surface area contributed by atoms with E-state index in [0.717, 1.165) is 4.90 Å². The summed E-state index contributed by atoms with van der Waals surface area (Å²) in [5, 5.41) is 46.0. The van der Waals surface area contributed by atoms with Gasteiger partial charge in [-0.3, -0.25) is 43.4 Å². The van der Waals surface area contributed by atoms with E-state index in [0.29, 0.717) is 68.6 Å². The highest BCUT2D eigenvalue weighted by atomic mass is 16.6. The summed E-state index contributed by atoms with van der Waals surface area (Å²) in [4.78, 5) is 132. The number of alkyl carbamates (subject to hydrolysis) is 1. The van der Waals surface area contributed by atoms with Crippen molar-refractivity contribution in [3.05, 3.63) is 77.9 Å². The van der Waals surface area contributed by atoms with Gasteiger partial charge in [0.25, 0.3) is 11.8 Å². The summed E-state index contributed by atoms with van der Waals surface area (Å²) in [7, 11) is 0. The lowest BCUT2D eigenvalue weighted by Crippen LogP contribution is -2.54. The van der Waals surface area contributed by atoms with Gasteiger partial charge < -0.3 is 76.2 Å². The first-order valence-electron chi connectivity index (χ1n) is 32.3. The molecule has 27 heteroatoms. The van der Waals surface area contributed by atoms with Crippen molar-refractivity contribution in [2.75, 3.05) is 57.7 Å². The summed E-state index contributed by atoms with van der Waals surface area (Å²) in [6.07, 6.45) is 8.08. The molecule has 4 aliphatic heterocycles. The Morgan fingerprint density at radius 2 is 1.58 bits per heavy atom. The first-order chi connectivity index (χ1) is 44.0. The number of primary amides is 1. The summed E-state index contributed by atoms with van der Waals surface area (Å²) in [6, 6.07) is 3.69. The van der Waals surface area contributed by atoms with Crippen molar-refractivity contribution in [1.29, 1.82) is 0 Å². The first-order valence-corrected chi connectivity index (χ1v) is 32.3. The van der Waals surface area contributed by atoms with Gasteiger partial charge in [-0.05, 0) is 101 Å². The van der Waals surface area contributed by atoms with Crippen LogP contribution in [0.1, 0.15) is 139 Å². The Labute approximate surface area is 544 Å². The van der Waals surface area contributed by atoms with Crippen LogP contribution in [0.25, 0.3) is 0 Å². The van der Waals surface area contributed by atoms with Crippen LogP contribution < -0.4 is 32.3 Å². The number of allylic oxidation sites excluding steroid dienone is 2. The van der Waals surface area contributed by atoms with Crippen LogP contribution in [0.4, 0.5) is 20.1 Å². The van der Waals surface area contributed by atoms with Gasteiger partial charge in [0.05, 0.1) is 36.4 Å². The smallest absolute Gasteiger partial charge is 0.410 e. The van der Waals surface area contributed by atoms with E-state index in [9.17, 15) is 63.3 Å². The minimum atomic E-state index is -1.45. The molecule has 0 radical (unpaired) electrons. The monoisotopic (exact) mass is 1310 g/mol. The lowest BCUT2D eigenvalue weighted by Gasteiger charge is -2.39. The number of nitrogens with one attached hydrogen (secondary N) is 5. The quantitative estimate of drug-likeness (QED) is 0.00950. The molecule has 0 bridgehead atoms. The second kappa shape index (κ2) is 36.7. The fourth-order valence-electron chi connectivity index (χ4n) is 11.2. The van der Waals surface area contributed by atoms with Crippen molar-refractivity contribution in [2.45, 2.75) is 199 Å². The number of rotatable bonds is 31. The van der Waals surface area contributed by atoms with Crippen molar-refractivity contribution in [3.63, 3.8) is 0 Å². The number of aliphatic hydroxyl groups excluding tert-OH is 2. The van der Waals surface area contributed by atoms with Crippen LogP contribution in [0.3, 0.4) is 0 Å². The molecule has 12 atom stereocenters. The SMILES string of the molecule is CC[C@H](O)[C@@H](C)C1O[C@@H]1C[C@@](C)(O)/C=C/C=C(\C)[C@H]1OC(=O)C[C@H](O)CC[C@@](C)(OC(C)=O)[C@@H](OC(=O)N2CCN(CCNC(=O)OCc3ccc(NC(=O)[C@H](CCCNC(N)=O)NC(=O)[C@@H](NC(=O)CCCCCN4C(=O)C=CC4=O)C(C)C)cc3)CC2)/C=C/[C@@H]1C. The summed E-state index contributed by atoms with van der Waals surface area (Å²) in [5.74, 6) is -4.50. The van der Waals surface area contributed by atoms with Crippen molar-refractivity contribution >= 4 is 65.4 Å². The van der Waals surface area contributed by atoms with Gasteiger partial charge in [-0.25, -0.2) is 14.4 Å². The number of ether oxygens (including phenoxy) is 5. The van der Waals surface area contributed by atoms with Crippen molar-refractivity contribution < 1.29 is 86.9 Å². The van der Waals surface area contributed by atoms with Gasteiger partial charge in [-0.15, -0.1) is 0 Å². The van der Waals surface area contributed by atoms with Crippen LogP contribution in [0.2, 0.25) is 0 Å². The maximum atomic E-state index is 14.0. The van der Waals surface area contributed by atoms with E-state index in [1.165, 1.54) is 24.0 Å². The average molecular weight is 1310 g/mol. The number of carbonyl (C=O) groups excluding carboxylic acids is 10. The molecule has 516 valence electrons. The Morgan fingerprint density at radius 1 is 0.892 bits per heavy atom. The molecule has 9 amide bonds. The summed E-state index contributed by atoms with van der Waals surface area (Å²) >= 11 is 0. The van der Waals surface area contributed by atoms with E-state index in [1.807, 2.05) is 20.8 Å². The third-order valence-corrected chi connectivity index (χ3v) is 16.9. The van der Waals surface area contributed by atoms with Gasteiger partial charge in [-0.2, -0.15) is 0 Å². The number of esters is 2. The third kappa shape index (κ3) is 25.6. The number of imide groups is 1. The van der Waals surface area contributed by atoms with Crippen LogP contribution >= 0.6 is 0 Å². The molecule has 5 rings (SSSR count). The topological polar surface area (TPSA) is 377 Å². The summed E-state index contributed by atoms with van der Waals surface area (Å²) < 4.78 is 29.2. The molecule has 0 aromatic heterocycles. The van der Waals surface area contributed by atoms with E-state index in [1.54, 1.807) is 89.3 Å². The molecule has 0 spiro atoms. The summed E-state index contributed by atoms with van der Waals surface area (Å²) in [6.45, 7) is 17.8. The Bertz CT molecular complexity index is 2840. The highest BCUT2D eigenvalue weighted by Gasteiger charge is 2.47. The molecule has 0 saturated carbocycles. The second-order valence-electron chi connectivity index (χ2n) is 25.3. The van der Waals surface area contributed by atoms with Crippen molar-refractivity contribution in [3.8, 4) is 0 Å². The maximum absolute atomic E-state index is 14.0. The number of aliphatic hydroxyl groups is 3. The van der Waals surface area contributed by atoms with E-state index >= 15 is 0 Å². The number of unbranched alkanes of at least 4 members (excludes halogenated alkanes) is 2. The van der Waals surface area contributed by atoms with E-state index in [-0.39, 0.29) is 120 Å². The number of amides is 9. The van der Waals surface area contributed by atoms with Crippen LogP contribution in [-0.4, -0.2) is 202 Å². The van der Waals surface area contributed by atoms with Gasteiger partial charge in [0.2, 0.25) is 17.7 Å². The van der Waals surface area contributed by atoms with Crippen molar-refractivity contribution in [2.24, 2.45) is 23.5 Å². The number of nitrogens with zero attached hydrogens (tertiary/aromatic N) is 3. The Kier molecular flexibility index (Phi) is 30.0. The van der Waals surface area contributed by atoms with Gasteiger partial charge in [0, 0.05) is 102 Å². The average Bonchev–Trinajstić information content (AvgIpc) is 1.78. The Morgan fingerprint density at radius 3 is 2.23 bits per heavy atom. The number of benzene rings is 1. The predicted octanol–water partition coefficient (Wildman–Crippen LogP) is 4.32. The minimum Gasteiger partial charge on any atom is -0.457 e. The van der Waals surface area contributed by atoms with Crippen LogP contribution in [0, 0.1) is 17.8 Å². The molecule has 0 aliphatic carbocycles. The highest BCUT2D eigenvalue weighted by molar-refractivity contribution is 6.12. The highest BCUT2D eigenvalue weighted by Crippen LogP contribution is 2.38. The molecule has 1 aromatic carbocycles. The molecular weight excluding hydrogens is 1210 g/mol. The van der Waals surface area contributed by atoms with Crippen LogP contribution in [-0.2, 0) is 63.9 Å². The van der Waals surface area contributed by atoms with E-state index in [4.69, 9.17) is 29.4 Å². The van der Waals surface area contributed by atoms with Gasteiger partial charge in [-0.1, -0.05) is 77.5 Å². The van der Waals surface area contributed by atoms with Crippen molar-refractivity contribution in [1.82, 2.24) is 36.0 Å². The van der Waals surface area contributed by atoms with E-state index in [2.05, 4.69) is 31.5 Å². The fourth-order valence-corrected chi connectivity index (χ4v) is 11.2. The lowest BCUT2D eigenvalue weighted by molar-refractivity contribution is -0.168. The molecule has 93 heavy (non-hydrogen) atoms. The normalized spacial score (nSPS) is 24.4. The van der Waals surface area contributed by atoms with E-state index < -0.39 is 95.6 Å². The lowest BCUT2D eigenvalue weighted by atomic mass is 9.88. The molecule has 2 fully saturated rings. The summed E-state index contributed by atoms with van der Waals surface area (Å²) in [5.41, 5.74) is 4.12. The predicted molar refractivity (Wildman–Crippen MR) is 342 cm³/mol. The number of cyclic esters (lactones) is 1. The number of epoxide rings is 1. The molecular formula is C66H99N9O18. The number of hydrogen-bond acceptors (Lipinski definition) is 19. The largest absolute Gasteiger partial charge is 0.457 e. The number of anilines is 1. The Hall–Kier alpha value is -7.72. The Balaban J connectivity index is 1.09. The third-order valence-electron chi connectivity index (χ3n) is 16.9. The zero-order valence-electron chi connectivity index (χ0n) is 55.2. The molecule has 1 aromatic rings. The molecule has 10 N–H and O–H groups in total. The second-order valence-corrected chi connectivity index (χ2v) is 25.3.